The van der Waals surface area contributed by atoms with Crippen molar-refractivity contribution in [2.45, 2.75) is 37.7 Å². The highest BCUT2D eigenvalue weighted by Gasteiger charge is 2.46. The summed E-state index contributed by atoms with van der Waals surface area (Å²) in [7, 11) is 1.68. The Hall–Kier alpha value is -2.92. The third-order valence-electron chi connectivity index (χ3n) is 5.62. The van der Waals surface area contributed by atoms with Gasteiger partial charge in [-0.25, -0.2) is 4.79 Å². The lowest BCUT2D eigenvalue weighted by atomic mass is 9.96. The lowest BCUT2D eigenvalue weighted by Crippen LogP contribution is -2.68. The summed E-state index contributed by atoms with van der Waals surface area (Å²) >= 11 is 0. The normalized spacial score (nSPS) is 23.1. The molecule has 2 aliphatic heterocycles. The first-order chi connectivity index (χ1) is 15.1. The number of nitrogens with one attached hydrogen (secondary N) is 1. The summed E-state index contributed by atoms with van der Waals surface area (Å²) in [4.78, 5) is 28.7. The Kier molecular flexibility index (Phi) is 6.89. The van der Waals surface area contributed by atoms with Crippen molar-refractivity contribution in [3.63, 3.8) is 0 Å². The predicted octanol–water partition coefficient (Wildman–Crippen LogP) is 2.82. The quantitative estimate of drug-likeness (QED) is 0.718. The number of halogens is 3. The highest BCUT2D eigenvalue weighted by atomic mass is 19.4. The minimum Gasteiger partial charge on any atom is -0.493 e. The number of nitrogens with zero attached hydrogens (tertiary/aromatic N) is 2. The number of carboxylic acid groups (broad SMARTS) is 1. The Morgan fingerprint density at radius 2 is 2.16 bits per heavy atom. The van der Waals surface area contributed by atoms with Gasteiger partial charge >= 0.3 is 12.1 Å². The van der Waals surface area contributed by atoms with Gasteiger partial charge in [-0.2, -0.15) is 13.2 Å². The number of rotatable bonds is 2. The van der Waals surface area contributed by atoms with Crippen LogP contribution >= 0.6 is 0 Å². The molecule has 1 aromatic heterocycles. The average Bonchev–Trinajstić information content (AvgIpc) is 2.76. The van der Waals surface area contributed by atoms with Crippen LogP contribution in [0.5, 0.6) is 5.75 Å². The number of fused-ring (bicyclic) bond motifs is 3. The van der Waals surface area contributed by atoms with Crippen molar-refractivity contribution in [1.29, 1.82) is 0 Å². The Morgan fingerprint density at radius 3 is 2.78 bits per heavy atom. The van der Waals surface area contributed by atoms with Crippen molar-refractivity contribution in [3.05, 3.63) is 36.0 Å². The third-order valence-corrected chi connectivity index (χ3v) is 5.62. The van der Waals surface area contributed by atoms with Gasteiger partial charge < -0.3 is 24.8 Å². The monoisotopic (exact) mass is 455 g/mol. The standard InChI is InChI=1S/C19H23N3O3.C2HF3O2/c1-3-19(24-2)12-20-11-14-6-8-25-17-9-13-5-4-7-21-16(13)10-15(17)18(23)22(14)19;3-2(4,5)1(6)7/h4-5,7,9-10,14,20H,3,6,8,11-12H2,1-2H3;(H,6,7). The molecule has 2 atom stereocenters. The van der Waals surface area contributed by atoms with Crippen LogP contribution in [0.2, 0.25) is 0 Å². The van der Waals surface area contributed by atoms with E-state index in [1.165, 1.54) is 0 Å². The first-order valence-electron chi connectivity index (χ1n) is 10.0. The number of aliphatic carboxylic acids is 1. The Morgan fingerprint density at radius 1 is 1.44 bits per heavy atom. The van der Waals surface area contributed by atoms with E-state index < -0.39 is 17.9 Å². The molecular weight excluding hydrogens is 431 g/mol. The third kappa shape index (κ3) is 4.63. The summed E-state index contributed by atoms with van der Waals surface area (Å²) in [5.41, 5.74) is 0.728. The van der Waals surface area contributed by atoms with Crippen molar-refractivity contribution in [2.24, 2.45) is 0 Å². The number of hydrogen-bond donors (Lipinski definition) is 2. The van der Waals surface area contributed by atoms with Gasteiger partial charge in [-0.3, -0.25) is 9.78 Å². The molecule has 0 radical (unpaired) electrons. The first-order valence-corrected chi connectivity index (χ1v) is 10.0. The highest BCUT2D eigenvalue weighted by molar-refractivity contribution is 6.01. The molecule has 2 aromatic rings. The molecule has 1 aromatic carbocycles. The second kappa shape index (κ2) is 9.29. The van der Waals surface area contributed by atoms with Crippen LogP contribution in [-0.4, -0.2) is 71.6 Å². The molecule has 2 unspecified atom stereocenters. The van der Waals surface area contributed by atoms with Crippen molar-refractivity contribution in [1.82, 2.24) is 15.2 Å². The van der Waals surface area contributed by atoms with Crippen LogP contribution in [0, 0.1) is 0 Å². The van der Waals surface area contributed by atoms with Gasteiger partial charge in [0.05, 0.1) is 23.7 Å². The zero-order chi connectivity index (χ0) is 23.5. The number of alkyl halides is 3. The second-order valence-electron chi connectivity index (χ2n) is 7.45. The van der Waals surface area contributed by atoms with Crippen LogP contribution in [0.15, 0.2) is 30.5 Å². The maximum Gasteiger partial charge on any atom is 0.490 e. The minimum absolute atomic E-state index is 0.0440. The van der Waals surface area contributed by atoms with Crippen molar-refractivity contribution >= 4 is 22.8 Å². The number of hydrogen-bond acceptors (Lipinski definition) is 6. The van der Waals surface area contributed by atoms with E-state index in [2.05, 4.69) is 17.2 Å². The van der Waals surface area contributed by atoms with E-state index in [9.17, 15) is 18.0 Å². The van der Waals surface area contributed by atoms with Crippen LogP contribution < -0.4 is 10.1 Å². The number of ether oxygens (including phenoxy) is 2. The summed E-state index contributed by atoms with van der Waals surface area (Å²) in [5, 5.41) is 11.5. The van der Waals surface area contributed by atoms with Gasteiger partial charge in [0.2, 0.25) is 0 Å². The number of carbonyl (C=O) groups is 2. The minimum atomic E-state index is -5.08. The van der Waals surface area contributed by atoms with E-state index in [1.807, 2.05) is 29.2 Å². The lowest BCUT2D eigenvalue weighted by molar-refractivity contribution is -0.192. The van der Waals surface area contributed by atoms with Gasteiger partial charge in [0.15, 0.2) is 5.72 Å². The Balaban J connectivity index is 0.000000360. The van der Waals surface area contributed by atoms with Crippen LogP contribution in [0.3, 0.4) is 0 Å². The molecule has 174 valence electrons. The Labute approximate surface area is 182 Å². The van der Waals surface area contributed by atoms with Crippen LogP contribution in [0.4, 0.5) is 13.2 Å². The van der Waals surface area contributed by atoms with Crippen molar-refractivity contribution in [3.8, 4) is 5.75 Å². The fourth-order valence-corrected chi connectivity index (χ4v) is 3.96. The average molecular weight is 455 g/mol. The molecule has 32 heavy (non-hydrogen) atoms. The summed E-state index contributed by atoms with van der Waals surface area (Å²) < 4.78 is 43.5. The van der Waals surface area contributed by atoms with Crippen molar-refractivity contribution < 1.29 is 37.3 Å². The van der Waals surface area contributed by atoms with E-state index in [4.69, 9.17) is 19.4 Å². The van der Waals surface area contributed by atoms with Gasteiger partial charge in [0.25, 0.3) is 5.91 Å². The summed E-state index contributed by atoms with van der Waals surface area (Å²) in [6.45, 7) is 4.00. The molecule has 0 spiro atoms. The van der Waals surface area contributed by atoms with Crippen LogP contribution in [-0.2, 0) is 9.53 Å². The number of amides is 1. The smallest absolute Gasteiger partial charge is 0.490 e. The van der Waals surface area contributed by atoms with E-state index in [0.717, 1.165) is 30.3 Å². The molecule has 2 N–H and O–H groups in total. The molecule has 0 bridgehead atoms. The summed E-state index contributed by atoms with van der Waals surface area (Å²) in [6.07, 6.45) is -1.85. The lowest BCUT2D eigenvalue weighted by Gasteiger charge is -2.51. The second-order valence-corrected chi connectivity index (χ2v) is 7.45. The maximum absolute atomic E-state index is 13.5. The van der Waals surface area contributed by atoms with Gasteiger partial charge in [-0.15, -0.1) is 0 Å². The van der Waals surface area contributed by atoms with E-state index >= 15 is 0 Å². The van der Waals surface area contributed by atoms with Gasteiger partial charge in [-0.05, 0) is 24.6 Å². The number of carboxylic acids is 1. The summed E-state index contributed by atoms with van der Waals surface area (Å²) in [5.74, 6) is -2.17. The molecule has 8 nitrogen and oxygen atoms in total. The Bertz CT molecular complexity index is 994. The number of aromatic nitrogens is 1. The number of methoxy groups -OCH3 is 1. The molecule has 11 heteroatoms. The van der Waals surface area contributed by atoms with E-state index in [1.54, 1.807) is 13.3 Å². The molecule has 0 saturated carbocycles. The molecule has 1 fully saturated rings. The largest absolute Gasteiger partial charge is 0.493 e. The maximum atomic E-state index is 13.5. The molecule has 4 rings (SSSR count). The number of benzene rings is 1. The molecule has 0 aliphatic carbocycles. The summed E-state index contributed by atoms with van der Waals surface area (Å²) in [6, 6.07) is 7.67. The molecule has 3 heterocycles. The fraction of sp³-hybridized carbons (Fsp3) is 0.476. The first kappa shape index (κ1) is 23.7. The van der Waals surface area contributed by atoms with Crippen LogP contribution in [0.1, 0.15) is 30.1 Å². The van der Waals surface area contributed by atoms with Crippen molar-refractivity contribution in [2.75, 3.05) is 26.8 Å². The predicted molar refractivity (Wildman–Crippen MR) is 108 cm³/mol. The number of carbonyl (C=O) groups excluding carboxylic acids is 1. The van der Waals surface area contributed by atoms with Gasteiger partial charge in [0, 0.05) is 38.2 Å². The number of pyridine rings is 1. The molecule has 1 saturated heterocycles. The molecule has 1 amide bonds. The zero-order valence-electron chi connectivity index (χ0n) is 17.6. The topological polar surface area (TPSA) is 101 Å². The zero-order valence-corrected chi connectivity index (χ0v) is 17.6. The SMILES string of the molecule is CCC1(OC)CNCC2CCOc3cc4cccnc4cc3C(=O)N21.O=C(O)C(F)(F)F. The van der Waals surface area contributed by atoms with Crippen LogP contribution in [0.25, 0.3) is 10.9 Å². The molecular formula is C21H24F3N3O5. The van der Waals surface area contributed by atoms with E-state index in [-0.39, 0.29) is 11.9 Å². The van der Waals surface area contributed by atoms with Gasteiger partial charge in [-0.1, -0.05) is 13.0 Å². The fourth-order valence-electron chi connectivity index (χ4n) is 3.96. The van der Waals surface area contributed by atoms with Gasteiger partial charge in [0.1, 0.15) is 5.75 Å². The number of piperazine rings is 1. The van der Waals surface area contributed by atoms with E-state index in [0.29, 0.717) is 24.5 Å². The molecule has 2 aliphatic rings. The highest BCUT2D eigenvalue weighted by Crippen LogP contribution is 2.35.